The molecule has 1 fully saturated rings. The van der Waals surface area contributed by atoms with Gasteiger partial charge >= 0.3 is 0 Å². The Hall–Kier alpha value is 0.370. The summed E-state index contributed by atoms with van der Waals surface area (Å²) in [7, 11) is 0. The Morgan fingerprint density at radius 2 is 1.91 bits per heavy atom. The summed E-state index contributed by atoms with van der Waals surface area (Å²) in [6.45, 7) is 0. The molecule has 0 atom stereocenters. The molecule has 0 amide bonds. The molecule has 0 N–H and O–H groups in total. The third-order valence-corrected chi connectivity index (χ3v) is 5.43. The first-order valence-electron chi connectivity index (χ1n) is 3.89. The second-order valence-corrected chi connectivity index (χ2v) is 5.26. The smallest absolute Gasteiger partial charge is 0.158 e. The molecule has 64 valence electrons. The van der Waals surface area contributed by atoms with E-state index in [1.807, 2.05) is 12.5 Å². The standard InChI is InChI=1S/C8H14OS2/c1-10-8(11-2)6-4-3-5-7(8)9/h3-6H2,1-2H3. The summed E-state index contributed by atoms with van der Waals surface area (Å²) in [5.41, 5.74) is 0. The lowest BCUT2D eigenvalue weighted by Crippen LogP contribution is -2.33. The Labute approximate surface area is 76.7 Å². The molecular formula is C8H14OS2. The van der Waals surface area contributed by atoms with Crippen LogP contribution in [0.3, 0.4) is 0 Å². The van der Waals surface area contributed by atoms with Gasteiger partial charge in [-0.3, -0.25) is 4.79 Å². The van der Waals surface area contributed by atoms with Crippen LogP contribution in [0.4, 0.5) is 0 Å². The maximum atomic E-state index is 11.5. The van der Waals surface area contributed by atoms with Crippen molar-refractivity contribution in [3.05, 3.63) is 0 Å². The number of rotatable bonds is 2. The lowest BCUT2D eigenvalue weighted by molar-refractivity contribution is -0.120. The van der Waals surface area contributed by atoms with E-state index in [2.05, 4.69) is 0 Å². The van der Waals surface area contributed by atoms with Crippen molar-refractivity contribution in [2.75, 3.05) is 12.5 Å². The average molecular weight is 190 g/mol. The first kappa shape index (κ1) is 9.46. The molecule has 0 aromatic carbocycles. The Balaban J connectivity index is 2.69. The second kappa shape index (κ2) is 3.85. The molecule has 0 saturated heterocycles. The molecule has 0 heterocycles. The molecule has 0 bridgehead atoms. The highest BCUT2D eigenvalue weighted by molar-refractivity contribution is 8.18. The van der Waals surface area contributed by atoms with Crippen molar-refractivity contribution in [2.45, 2.75) is 29.8 Å². The van der Waals surface area contributed by atoms with E-state index in [0.717, 1.165) is 19.3 Å². The van der Waals surface area contributed by atoms with E-state index in [1.165, 1.54) is 6.42 Å². The molecule has 0 aromatic heterocycles. The van der Waals surface area contributed by atoms with Crippen LogP contribution in [-0.2, 0) is 4.79 Å². The zero-order valence-electron chi connectivity index (χ0n) is 7.05. The Morgan fingerprint density at radius 3 is 2.27 bits per heavy atom. The lowest BCUT2D eigenvalue weighted by Gasteiger charge is -2.32. The second-order valence-electron chi connectivity index (χ2n) is 2.79. The molecule has 1 aliphatic rings. The van der Waals surface area contributed by atoms with Gasteiger partial charge in [0, 0.05) is 6.42 Å². The van der Waals surface area contributed by atoms with Crippen LogP contribution < -0.4 is 0 Å². The topological polar surface area (TPSA) is 17.1 Å². The number of carbonyl (C=O) groups is 1. The van der Waals surface area contributed by atoms with E-state index in [4.69, 9.17) is 0 Å². The molecule has 0 spiro atoms. The molecule has 0 radical (unpaired) electrons. The van der Waals surface area contributed by atoms with Crippen LogP contribution >= 0.6 is 23.5 Å². The third-order valence-electron chi connectivity index (χ3n) is 2.24. The van der Waals surface area contributed by atoms with Gasteiger partial charge in [-0.15, -0.1) is 23.5 Å². The number of thioether (sulfide) groups is 2. The summed E-state index contributed by atoms with van der Waals surface area (Å²) >= 11 is 3.43. The summed E-state index contributed by atoms with van der Waals surface area (Å²) in [4.78, 5) is 11.5. The zero-order valence-corrected chi connectivity index (χ0v) is 8.69. The van der Waals surface area contributed by atoms with Gasteiger partial charge in [0.05, 0.1) is 0 Å². The normalized spacial score (nSPS) is 23.6. The molecule has 0 aromatic rings. The maximum absolute atomic E-state index is 11.5. The molecule has 3 heteroatoms. The van der Waals surface area contributed by atoms with Crippen molar-refractivity contribution in [3.8, 4) is 0 Å². The molecule has 1 nitrogen and oxygen atoms in total. The fourth-order valence-electron chi connectivity index (χ4n) is 1.49. The van der Waals surface area contributed by atoms with Gasteiger partial charge in [0.15, 0.2) is 5.78 Å². The summed E-state index contributed by atoms with van der Waals surface area (Å²) in [5, 5.41) is 0. The van der Waals surface area contributed by atoms with Gasteiger partial charge < -0.3 is 0 Å². The number of carbonyl (C=O) groups excluding carboxylic acids is 1. The third kappa shape index (κ3) is 1.75. The van der Waals surface area contributed by atoms with Gasteiger partial charge in [-0.05, 0) is 25.4 Å². The Kier molecular flexibility index (Phi) is 3.31. The van der Waals surface area contributed by atoms with Crippen LogP contribution in [0, 0.1) is 0 Å². The maximum Gasteiger partial charge on any atom is 0.158 e. The van der Waals surface area contributed by atoms with E-state index in [0.29, 0.717) is 5.78 Å². The quantitative estimate of drug-likeness (QED) is 0.623. The first-order valence-corrected chi connectivity index (χ1v) is 6.34. The highest BCUT2D eigenvalue weighted by Crippen LogP contribution is 2.43. The lowest BCUT2D eigenvalue weighted by atomic mass is 9.98. The zero-order chi connectivity index (χ0) is 8.32. The average Bonchev–Trinajstić information content (AvgIpc) is 2.06. The minimum Gasteiger partial charge on any atom is -0.297 e. The molecule has 1 rings (SSSR count). The molecule has 1 saturated carbocycles. The number of hydrogen-bond donors (Lipinski definition) is 0. The molecule has 1 aliphatic carbocycles. The summed E-state index contributed by atoms with van der Waals surface area (Å²) in [6, 6.07) is 0. The Bertz CT molecular complexity index is 152. The van der Waals surface area contributed by atoms with E-state index in [-0.39, 0.29) is 4.08 Å². The van der Waals surface area contributed by atoms with Crippen LogP contribution in [0.5, 0.6) is 0 Å². The summed E-state index contributed by atoms with van der Waals surface area (Å²) in [6.07, 6.45) is 8.25. The number of hydrogen-bond acceptors (Lipinski definition) is 3. The van der Waals surface area contributed by atoms with Crippen LogP contribution in [0.1, 0.15) is 25.7 Å². The SMILES string of the molecule is CSC1(SC)CCCCC1=O. The van der Waals surface area contributed by atoms with Crippen molar-refractivity contribution in [3.63, 3.8) is 0 Å². The predicted octanol–water partition coefficient (Wildman–Crippen LogP) is 2.55. The van der Waals surface area contributed by atoms with E-state index in [1.54, 1.807) is 23.5 Å². The van der Waals surface area contributed by atoms with Gasteiger partial charge in [-0.2, -0.15) is 0 Å². The van der Waals surface area contributed by atoms with Crippen molar-refractivity contribution in [2.24, 2.45) is 0 Å². The predicted molar refractivity (Wildman–Crippen MR) is 53.2 cm³/mol. The van der Waals surface area contributed by atoms with Crippen LogP contribution in [0.15, 0.2) is 0 Å². The fraction of sp³-hybridized carbons (Fsp3) is 0.875. The molecular weight excluding hydrogens is 176 g/mol. The van der Waals surface area contributed by atoms with Gasteiger partial charge in [-0.25, -0.2) is 0 Å². The van der Waals surface area contributed by atoms with Gasteiger partial charge in [0.2, 0.25) is 0 Å². The van der Waals surface area contributed by atoms with Gasteiger partial charge in [0.1, 0.15) is 4.08 Å². The molecule has 0 aliphatic heterocycles. The van der Waals surface area contributed by atoms with Crippen LogP contribution in [0.25, 0.3) is 0 Å². The Morgan fingerprint density at radius 1 is 1.27 bits per heavy atom. The highest BCUT2D eigenvalue weighted by Gasteiger charge is 2.37. The van der Waals surface area contributed by atoms with E-state index >= 15 is 0 Å². The van der Waals surface area contributed by atoms with Gasteiger partial charge in [-0.1, -0.05) is 6.42 Å². The highest BCUT2D eigenvalue weighted by atomic mass is 32.2. The first-order chi connectivity index (χ1) is 5.25. The van der Waals surface area contributed by atoms with Crippen LogP contribution in [-0.4, -0.2) is 22.4 Å². The number of ketones is 1. The fourth-order valence-corrected chi connectivity index (χ4v) is 3.51. The van der Waals surface area contributed by atoms with E-state index in [9.17, 15) is 4.79 Å². The molecule has 11 heavy (non-hydrogen) atoms. The van der Waals surface area contributed by atoms with Crippen molar-refractivity contribution in [1.29, 1.82) is 0 Å². The van der Waals surface area contributed by atoms with Crippen molar-refractivity contribution in [1.82, 2.24) is 0 Å². The van der Waals surface area contributed by atoms with E-state index < -0.39 is 0 Å². The molecule has 0 unspecified atom stereocenters. The van der Waals surface area contributed by atoms with Crippen LogP contribution in [0.2, 0.25) is 0 Å². The summed E-state index contributed by atoms with van der Waals surface area (Å²) in [5.74, 6) is 0.448. The largest absolute Gasteiger partial charge is 0.297 e. The minimum atomic E-state index is -0.0851. The van der Waals surface area contributed by atoms with Crippen molar-refractivity contribution >= 4 is 29.3 Å². The van der Waals surface area contributed by atoms with Crippen molar-refractivity contribution < 1.29 is 4.79 Å². The number of Topliss-reactive ketones (excluding diaryl/α,β-unsaturated/α-hetero) is 1. The minimum absolute atomic E-state index is 0.0851. The van der Waals surface area contributed by atoms with Gasteiger partial charge in [0.25, 0.3) is 0 Å². The monoisotopic (exact) mass is 190 g/mol. The summed E-state index contributed by atoms with van der Waals surface area (Å²) < 4.78 is -0.0851.